The number of hydrogen-bond acceptors (Lipinski definition) is 2. The van der Waals surface area contributed by atoms with Crippen LogP contribution in [-0.2, 0) is 17.8 Å². The number of hydrogen-bond donors (Lipinski definition) is 2. The summed E-state index contributed by atoms with van der Waals surface area (Å²) in [4.78, 5) is 11.8. The van der Waals surface area contributed by atoms with Crippen LogP contribution in [0.25, 0.3) is 0 Å². The summed E-state index contributed by atoms with van der Waals surface area (Å²) in [5, 5.41) is 6.38. The van der Waals surface area contributed by atoms with Crippen molar-refractivity contribution >= 4 is 11.6 Å². The molecule has 0 fully saturated rings. The van der Waals surface area contributed by atoms with Crippen molar-refractivity contribution in [1.29, 1.82) is 0 Å². The monoisotopic (exact) mass is 324 g/mol. The highest BCUT2D eigenvalue weighted by molar-refractivity contribution is 5.78. The summed E-state index contributed by atoms with van der Waals surface area (Å²) < 4.78 is 0. The van der Waals surface area contributed by atoms with E-state index in [2.05, 4.69) is 56.5 Å². The minimum Gasteiger partial charge on any atom is -0.381 e. The van der Waals surface area contributed by atoms with Gasteiger partial charge in [0.1, 0.15) is 0 Å². The van der Waals surface area contributed by atoms with Crippen molar-refractivity contribution in [2.75, 3.05) is 11.9 Å². The summed E-state index contributed by atoms with van der Waals surface area (Å²) in [6.45, 7) is 9.96. The van der Waals surface area contributed by atoms with Gasteiger partial charge in [0.15, 0.2) is 0 Å². The first-order chi connectivity index (χ1) is 11.4. The number of rotatable bonds is 7. The Labute approximate surface area is 145 Å². The molecule has 0 radical (unpaired) electrons. The molecular formula is C21H28N2O. The molecule has 0 spiro atoms. The summed E-state index contributed by atoms with van der Waals surface area (Å²) in [6.07, 6.45) is 0.435. The van der Waals surface area contributed by atoms with Crippen molar-refractivity contribution < 1.29 is 4.79 Å². The first-order valence-electron chi connectivity index (χ1n) is 8.59. The lowest BCUT2D eigenvalue weighted by Crippen LogP contribution is -2.28. The molecule has 24 heavy (non-hydrogen) atoms. The third kappa shape index (κ3) is 6.07. The molecule has 0 aliphatic heterocycles. The standard InChI is InChI=1S/C21H28N2O/c1-15(2)13-23-21(24)12-18-5-7-20(8-6-18)22-14-19-10-16(3)9-17(4)11-19/h5-11,15,22H,12-14H2,1-4H3,(H,23,24). The van der Waals surface area contributed by atoms with Gasteiger partial charge in [-0.1, -0.05) is 55.3 Å². The SMILES string of the molecule is Cc1cc(C)cc(CNc2ccc(CC(=O)NCC(C)C)cc2)c1. The van der Waals surface area contributed by atoms with E-state index in [4.69, 9.17) is 0 Å². The van der Waals surface area contributed by atoms with Crippen LogP contribution < -0.4 is 10.6 Å². The molecule has 0 aliphatic carbocycles. The Kier molecular flexibility index (Phi) is 6.42. The molecule has 0 aromatic heterocycles. The van der Waals surface area contributed by atoms with Crippen LogP contribution >= 0.6 is 0 Å². The molecule has 0 unspecified atom stereocenters. The first-order valence-corrected chi connectivity index (χ1v) is 8.59. The lowest BCUT2D eigenvalue weighted by atomic mass is 10.1. The predicted octanol–water partition coefficient (Wildman–Crippen LogP) is 4.23. The molecule has 0 aliphatic rings. The van der Waals surface area contributed by atoms with Crippen LogP contribution in [0.15, 0.2) is 42.5 Å². The molecule has 2 aromatic rings. The minimum absolute atomic E-state index is 0.0830. The first kappa shape index (κ1) is 18.1. The summed E-state index contributed by atoms with van der Waals surface area (Å²) in [5.41, 5.74) is 5.96. The van der Waals surface area contributed by atoms with E-state index in [0.29, 0.717) is 12.3 Å². The quantitative estimate of drug-likeness (QED) is 0.800. The molecule has 0 saturated heterocycles. The second-order valence-corrected chi connectivity index (χ2v) is 6.92. The van der Waals surface area contributed by atoms with Gasteiger partial charge in [-0.05, 0) is 43.0 Å². The summed E-state index contributed by atoms with van der Waals surface area (Å²) in [5.74, 6) is 0.561. The average molecular weight is 324 g/mol. The molecule has 0 atom stereocenters. The zero-order valence-electron chi connectivity index (χ0n) is 15.1. The van der Waals surface area contributed by atoms with Crippen molar-refractivity contribution in [3.05, 3.63) is 64.7 Å². The molecule has 0 heterocycles. The van der Waals surface area contributed by atoms with Gasteiger partial charge in [-0.2, -0.15) is 0 Å². The Morgan fingerprint density at radius 3 is 2.17 bits per heavy atom. The van der Waals surface area contributed by atoms with Crippen LogP contribution in [0.2, 0.25) is 0 Å². The van der Waals surface area contributed by atoms with Gasteiger partial charge in [-0.25, -0.2) is 0 Å². The molecule has 2 N–H and O–H groups in total. The summed E-state index contributed by atoms with van der Waals surface area (Å²) >= 11 is 0. The second-order valence-electron chi connectivity index (χ2n) is 6.92. The third-order valence-corrected chi connectivity index (χ3v) is 3.80. The maximum atomic E-state index is 11.8. The van der Waals surface area contributed by atoms with Crippen LogP contribution in [-0.4, -0.2) is 12.5 Å². The molecule has 0 bridgehead atoms. The summed E-state index contributed by atoms with van der Waals surface area (Å²) in [6, 6.07) is 14.7. The highest BCUT2D eigenvalue weighted by Crippen LogP contribution is 2.14. The number of aryl methyl sites for hydroxylation is 2. The van der Waals surface area contributed by atoms with E-state index in [0.717, 1.165) is 24.3 Å². The third-order valence-electron chi connectivity index (χ3n) is 3.80. The van der Waals surface area contributed by atoms with Gasteiger partial charge in [0.25, 0.3) is 0 Å². The number of benzene rings is 2. The van der Waals surface area contributed by atoms with Gasteiger partial charge >= 0.3 is 0 Å². The van der Waals surface area contributed by atoms with Crippen molar-refractivity contribution in [2.45, 2.75) is 40.7 Å². The molecule has 1 amide bonds. The lowest BCUT2D eigenvalue weighted by molar-refractivity contribution is -0.120. The molecule has 3 nitrogen and oxygen atoms in total. The lowest BCUT2D eigenvalue weighted by Gasteiger charge is -2.10. The van der Waals surface area contributed by atoms with Gasteiger partial charge in [0.05, 0.1) is 6.42 Å². The Bertz CT molecular complexity index is 654. The highest BCUT2D eigenvalue weighted by atomic mass is 16.1. The van der Waals surface area contributed by atoms with E-state index >= 15 is 0 Å². The Morgan fingerprint density at radius 2 is 1.58 bits per heavy atom. The van der Waals surface area contributed by atoms with E-state index < -0.39 is 0 Å². The van der Waals surface area contributed by atoms with Crippen molar-refractivity contribution in [2.24, 2.45) is 5.92 Å². The Balaban J connectivity index is 1.86. The van der Waals surface area contributed by atoms with E-state index in [1.54, 1.807) is 0 Å². The molecule has 3 heteroatoms. The Hall–Kier alpha value is -2.29. The minimum atomic E-state index is 0.0830. The second kappa shape index (κ2) is 8.53. The van der Waals surface area contributed by atoms with Crippen LogP contribution in [0.3, 0.4) is 0 Å². The molecule has 2 aromatic carbocycles. The van der Waals surface area contributed by atoms with Crippen LogP contribution in [0, 0.1) is 19.8 Å². The molecule has 0 saturated carbocycles. The number of nitrogens with one attached hydrogen (secondary N) is 2. The van der Waals surface area contributed by atoms with Gasteiger partial charge in [-0.15, -0.1) is 0 Å². The fourth-order valence-electron chi connectivity index (χ4n) is 2.68. The van der Waals surface area contributed by atoms with Crippen LogP contribution in [0.5, 0.6) is 0 Å². The maximum absolute atomic E-state index is 11.8. The van der Waals surface area contributed by atoms with Gasteiger partial charge in [-0.3, -0.25) is 4.79 Å². The van der Waals surface area contributed by atoms with Crippen LogP contribution in [0.4, 0.5) is 5.69 Å². The van der Waals surface area contributed by atoms with Gasteiger partial charge in [0, 0.05) is 18.8 Å². The smallest absolute Gasteiger partial charge is 0.224 e. The van der Waals surface area contributed by atoms with E-state index in [1.165, 1.54) is 16.7 Å². The fraction of sp³-hybridized carbons (Fsp3) is 0.381. The number of amides is 1. The Morgan fingerprint density at radius 1 is 0.958 bits per heavy atom. The normalized spacial score (nSPS) is 10.7. The highest BCUT2D eigenvalue weighted by Gasteiger charge is 2.04. The van der Waals surface area contributed by atoms with Crippen molar-refractivity contribution in [3.63, 3.8) is 0 Å². The average Bonchev–Trinajstić information content (AvgIpc) is 2.51. The van der Waals surface area contributed by atoms with Crippen LogP contribution in [0.1, 0.15) is 36.1 Å². The largest absolute Gasteiger partial charge is 0.381 e. The predicted molar refractivity (Wildman–Crippen MR) is 101 cm³/mol. The summed E-state index contributed by atoms with van der Waals surface area (Å²) in [7, 11) is 0. The maximum Gasteiger partial charge on any atom is 0.224 e. The van der Waals surface area contributed by atoms with Gasteiger partial charge in [0.2, 0.25) is 5.91 Å². The van der Waals surface area contributed by atoms with Crippen molar-refractivity contribution in [1.82, 2.24) is 5.32 Å². The molecule has 128 valence electrons. The number of carbonyl (C=O) groups is 1. The van der Waals surface area contributed by atoms with E-state index in [9.17, 15) is 4.79 Å². The fourth-order valence-corrected chi connectivity index (χ4v) is 2.68. The molecular weight excluding hydrogens is 296 g/mol. The topological polar surface area (TPSA) is 41.1 Å². The zero-order chi connectivity index (χ0) is 17.5. The number of anilines is 1. The van der Waals surface area contributed by atoms with Gasteiger partial charge < -0.3 is 10.6 Å². The van der Waals surface area contributed by atoms with E-state index in [-0.39, 0.29) is 5.91 Å². The van der Waals surface area contributed by atoms with Crippen molar-refractivity contribution in [3.8, 4) is 0 Å². The molecule has 2 rings (SSSR count). The van der Waals surface area contributed by atoms with E-state index in [1.807, 2.05) is 24.3 Å². The number of carbonyl (C=O) groups excluding carboxylic acids is 1. The zero-order valence-corrected chi connectivity index (χ0v) is 15.1.